The van der Waals surface area contributed by atoms with E-state index in [9.17, 15) is 14.0 Å². The summed E-state index contributed by atoms with van der Waals surface area (Å²) in [5, 5.41) is 3.04. The highest BCUT2D eigenvalue weighted by Gasteiger charge is 2.20. The Morgan fingerprint density at radius 3 is 2.42 bits per heavy atom. The van der Waals surface area contributed by atoms with Crippen LogP contribution in [0.15, 0.2) is 36.4 Å². The number of carbonyl (C=O) groups is 2. The first-order valence-corrected chi connectivity index (χ1v) is 8.34. The lowest BCUT2D eigenvalue weighted by molar-refractivity contribution is -0.152. The summed E-state index contributed by atoms with van der Waals surface area (Å²) in [4.78, 5) is 24.1. The second kappa shape index (κ2) is 8.87. The molecule has 1 N–H and O–H groups in total. The average molecular weight is 400 g/mol. The quantitative estimate of drug-likeness (QED) is 0.737. The van der Waals surface area contributed by atoms with Crippen LogP contribution in [0.5, 0.6) is 5.75 Å². The van der Waals surface area contributed by atoms with E-state index in [4.69, 9.17) is 32.7 Å². The number of nitrogens with one attached hydrogen (secondary N) is 1. The number of methoxy groups -OCH3 is 1. The Labute approximate surface area is 160 Å². The highest BCUT2D eigenvalue weighted by molar-refractivity contribution is 6.39. The van der Waals surface area contributed by atoms with Gasteiger partial charge in [0.05, 0.1) is 29.3 Å². The van der Waals surface area contributed by atoms with E-state index in [-0.39, 0.29) is 27.9 Å². The summed E-state index contributed by atoms with van der Waals surface area (Å²) in [7, 11) is 1.35. The highest BCUT2D eigenvalue weighted by Crippen LogP contribution is 2.30. The number of rotatable bonds is 6. The van der Waals surface area contributed by atoms with Crippen LogP contribution >= 0.6 is 23.2 Å². The second-order valence-electron chi connectivity index (χ2n) is 5.36. The summed E-state index contributed by atoms with van der Waals surface area (Å²) < 4.78 is 23.5. The molecule has 8 heteroatoms. The van der Waals surface area contributed by atoms with Gasteiger partial charge in [0.1, 0.15) is 0 Å². The molecule has 0 aromatic heterocycles. The molecule has 0 radical (unpaired) electrons. The Hall–Kier alpha value is -2.31. The number of para-hydroxylation sites is 1. The van der Waals surface area contributed by atoms with Crippen LogP contribution in [-0.4, -0.2) is 25.1 Å². The van der Waals surface area contributed by atoms with Crippen molar-refractivity contribution in [1.29, 1.82) is 0 Å². The van der Waals surface area contributed by atoms with Gasteiger partial charge in [-0.3, -0.25) is 9.59 Å². The van der Waals surface area contributed by atoms with Gasteiger partial charge in [0.2, 0.25) is 0 Å². The van der Waals surface area contributed by atoms with Crippen molar-refractivity contribution in [2.24, 2.45) is 0 Å². The summed E-state index contributed by atoms with van der Waals surface area (Å²) in [5.74, 6) is -1.78. The molecule has 0 aliphatic heterocycles. The van der Waals surface area contributed by atoms with Gasteiger partial charge in [-0.15, -0.1) is 0 Å². The average Bonchev–Trinajstić information content (AvgIpc) is 2.58. The van der Waals surface area contributed by atoms with Crippen LogP contribution in [0.2, 0.25) is 10.0 Å². The SMILES string of the molecule is COc1ccc(CC(=O)O[C@@H](C)C(=O)Nc2c(Cl)cccc2Cl)cc1F. The normalized spacial score (nSPS) is 11.6. The summed E-state index contributed by atoms with van der Waals surface area (Å²) in [6.07, 6.45) is -1.27. The second-order valence-corrected chi connectivity index (χ2v) is 6.18. The third kappa shape index (κ3) is 5.09. The van der Waals surface area contributed by atoms with Gasteiger partial charge in [0.15, 0.2) is 17.7 Å². The molecule has 0 aliphatic rings. The number of hydrogen-bond acceptors (Lipinski definition) is 4. The van der Waals surface area contributed by atoms with Gasteiger partial charge >= 0.3 is 5.97 Å². The Bertz CT molecular complexity index is 809. The zero-order valence-electron chi connectivity index (χ0n) is 14.0. The maximum Gasteiger partial charge on any atom is 0.311 e. The molecular weight excluding hydrogens is 384 g/mol. The number of carbonyl (C=O) groups excluding carboxylic acids is 2. The van der Waals surface area contributed by atoms with Crippen molar-refractivity contribution in [1.82, 2.24) is 0 Å². The topological polar surface area (TPSA) is 64.6 Å². The van der Waals surface area contributed by atoms with E-state index in [0.717, 1.165) is 0 Å². The monoisotopic (exact) mass is 399 g/mol. The van der Waals surface area contributed by atoms with Crippen LogP contribution < -0.4 is 10.1 Å². The van der Waals surface area contributed by atoms with E-state index < -0.39 is 23.8 Å². The van der Waals surface area contributed by atoms with Gasteiger partial charge in [-0.25, -0.2) is 4.39 Å². The Morgan fingerprint density at radius 1 is 1.19 bits per heavy atom. The molecule has 1 atom stereocenters. The fourth-order valence-electron chi connectivity index (χ4n) is 2.12. The molecule has 0 spiro atoms. The Kier molecular flexibility index (Phi) is 6.83. The van der Waals surface area contributed by atoms with Gasteiger partial charge in [-0.05, 0) is 36.8 Å². The minimum atomic E-state index is -1.09. The molecule has 2 aromatic rings. The zero-order valence-corrected chi connectivity index (χ0v) is 15.5. The largest absolute Gasteiger partial charge is 0.494 e. The molecule has 1 amide bonds. The molecule has 2 rings (SSSR count). The lowest BCUT2D eigenvalue weighted by atomic mass is 10.1. The van der Waals surface area contributed by atoms with E-state index in [1.807, 2.05) is 0 Å². The summed E-state index contributed by atoms with van der Waals surface area (Å²) >= 11 is 12.0. The molecule has 0 saturated carbocycles. The van der Waals surface area contributed by atoms with E-state index in [0.29, 0.717) is 5.56 Å². The number of esters is 1. The van der Waals surface area contributed by atoms with E-state index in [1.165, 1.54) is 32.2 Å². The maximum atomic E-state index is 13.6. The van der Waals surface area contributed by atoms with Crippen molar-refractivity contribution in [3.63, 3.8) is 0 Å². The number of halogens is 3. The summed E-state index contributed by atoms with van der Waals surface area (Å²) in [5.41, 5.74) is 0.635. The molecule has 0 heterocycles. The smallest absolute Gasteiger partial charge is 0.311 e. The van der Waals surface area contributed by atoms with Crippen molar-refractivity contribution >= 4 is 40.8 Å². The Morgan fingerprint density at radius 2 is 1.85 bits per heavy atom. The van der Waals surface area contributed by atoms with Crippen LogP contribution in [0.4, 0.5) is 10.1 Å². The van der Waals surface area contributed by atoms with Crippen molar-refractivity contribution in [2.75, 3.05) is 12.4 Å². The van der Waals surface area contributed by atoms with Gasteiger partial charge in [-0.2, -0.15) is 0 Å². The number of amides is 1. The standard InChI is InChI=1S/C18H16Cl2FNO4/c1-10(18(24)22-17-12(19)4-3-5-13(17)20)26-16(23)9-11-6-7-15(25-2)14(21)8-11/h3-8,10H,9H2,1-2H3,(H,22,24)/t10-/m0/s1. The van der Waals surface area contributed by atoms with E-state index in [1.54, 1.807) is 18.2 Å². The lowest BCUT2D eigenvalue weighted by Gasteiger charge is -2.15. The minimum Gasteiger partial charge on any atom is -0.494 e. The maximum absolute atomic E-state index is 13.6. The van der Waals surface area contributed by atoms with Crippen molar-refractivity contribution in [3.8, 4) is 5.75 Å². The Balaban J connectivity index is 1.96. The number of ether oxygens (including phenoxy) is 2. The molecule has 0 saturated heterocycles. The predicted octanol–water partition coefficient (Wildman–Crippen LogP) is 4.25. The third-order valence-corrected chi connectivity index (χ3v) is 4.08. The van der Waals surface area contributed by atoms with Crippen molar-refractivity contribution in [2.45, 2.75) is 19.4 Å². The molecule has 0 aliphatic carbocycles. The summed E-state index contributed by atoms with van der Waals surface area (Å²) in [6.45, 7) is 1.41. The zero-order chi connectivity index (χ0) is 19.3. The number of benzene rings is 2. The minimum absolute atomic E-state index is 0.0754. The van der Waals surface area contributed by atoms with Crippen LogP contribution in [0, 0.1) is 5.82 Å². The molecule has 0 bridgehead atoms. The van der Waals surface area contributed by atoms with Crippen LogP contribution in [0.25, 0.3) is 0 Å². The predicted molar refractivity (Wildman–Crippen MR) is 97.3 cm³/mol. The molecule has 2 aromatic carbocycles. The highest BCUT2D eigenvalue weighted by atomic mass is 35.5. The molecular formula is C18H16Cl2FNO4. The van der Waals surface area contributed by atoms with Crippen LogP contribution in [0.1, 0.15) is 12.5 Å². The van der Waals surface area contributed by atoms with E-state index >= 15 is 0 Å². The fourth-order valence-corrected chi connectivity index (χ4v) is 2.61. The first-order valence-electron chi connectivity index (χ1n) is 7.58. The molecule has 26 heavy (non-hydrogen) atoms. The molecule has 0 fully saturated rings. The molecule has 5 nitrogen and oxygen atoms in total. The molecule has 0 unspecified atom stereocenters. The van der Waals surface area contributed by atoms with Gasteiger partial charge < -0.3 is 14.8 Å². The van der Waals surface area contributed by atoms with Gasteiger partial charge in [0, 0.05) is 0 Å². The molecule has 138 valence electrons. The van der Waals surface area contributed by atoms with E-state index in [2.05, 4.69) is 5.32 Å². The number of hydrogen-bond donors (Lipinski definition) is 1. The number of anilines is 1. The van der Waals surface area contributed by atoms with Crippen LogP contribution in [0.3, 0.4) is 0 Å². The van der Waals surface area contributed by atoms with Gasteiger partial charge in [-0.1, -0.05) is 35.3 Å². The first kappa shape index (κ1) is 20.0. The lowest BCUT2D eigenvalue weighted by Crippen LogP contribution is -2.30. The van der Waals surface area contributed by atoms with Gasteiger partial charge in [0.25, 0.3) is 5.91 Å². The fraction of sp³-hybridized carbons (Fsp3) is 0.222. The van der Waals surface area contributed by atoms with Crippen molar-refractivity contribution in [3.05, 3.63) is 57.8 Å². The summed E-state index contributed by atoms with van der Waals surface area (Å²) in [6, 6.07) is 8.90. The first-order chi connectivity index (χ1) is 12.3. The van der Waals surface area contributed by atoms with Crippen LogP contribution in [-0.2, 0) is 20.7 Å². The van der Waals surface area contributed by atoms with Crippen molar-refractivity contribution < 1.29 is 23.5 Å². The third-order valence-electron chi connectivity index (χ3n) is 3.45.